The summed E-state index contributed by atoms with van der Waals surface area (Å²) in [7, 11) is 0. The van der Waals surface area contributed by atoms with Crippen molar-refractivity contribution in [2.24, 2.45) is 0 Å². The smallest absolute Gasteiger partial charge is 0.0546 e. The van der Waals surface area contributed by atoms with Crippen LogP contribution in [0.5, 0.6) is 0 Å². The van der Waals surface area contributed by atoms with Gasteiger partial charge in [0.1, 0.15) is 0 Å². The zero-order valence-corrected chi connectivity index (χ0v) is 31.5. The molecule has 0 saturated carbocycles. The Kier molecular flexibility index (Phi) is 7.28. The summed E-state index contributed by atoms with van der Waals surface area (Å²) in [4.78, 5) is 2.55. The lowest BCUT2D eigenvalue weighted by atomic mass is 9.80. The van der Waals surface area contributed by atoms with E-state index in [0.717, 1.165) is 5.69 Å². The van der Waals surface area contributed by atoms with E-state index in [4.69, 9.17) is 0 Å². The standard InChI is InChI=1S/C55H39N/c1-55(2)49-29-13-12-26-48(49)53-45-23-9-7-19-40(45)35-51(54(53)55)56(50-34-39-18-6-8-22-42(39)46-24-10-11-25-47(46)50)41-32-30-37(31-33-41)44-28-15-21-38-20-14-27-43(52(38)44)36-16-4-3-5-17-36/h3-35H,1-2H3. The third-order valence-electron chi connectivity index (χ3n) is 12.2. The van der Waals surface area contributed by atoms with Crippen LogP contribution in [0.2, 0.25) is 0 Å². The van der Waals surface area contributed by atoms with Gasteiger partial charge in [-0.15, -0.1) is 0 Å². The van der Waals surface area contributed by atoms with Gasteiger partial charge in [-0.25, -0.2) is 0 Å². The molecule has 264 valence electrons. The summed E-state index contributed by atoms with van der Waals surface area (Å²) in [5, 5.41) is 10.0. The molecule has 0 atom stereocenters. The van der Waals surface area contributed by atoms with Crippen LogP contribution in [-0.4, -0.2) is 0 Å². The second kappa shape index (κ2) is 12.5. The summed E-state index contributed by atoms with van der Waals surface area (Å²) in [5.74, 6) is 0. The van der Waals surface area contributed by atoms with E-state index in [9.17, 15) is 0 Å². The Morgan fingerprint density at radius 1 is 0.375 bits per heavy atom. The summed E-state index contributed by atoms with van der Waals surface area (Å²) in [6.07, 6.45) is 0. The average molecular weight is 714 g/mol. The largest absolute Gasteiger partial charge is 0.309 e. The molecule has 10 aromatic carbocycles. The first-order valence-corrected chi connectivity index (χ1v) is 19.6. The minimum absolute atomic E-state index is 0.229. The van der Waals surface area contributed by atoms with Crippen molar-refractivity contribution < 1.29 is 0 Å². The molecule has 0 fully saturated rings. The molecule has 1 nitrogen and oxygen atoms in total. The van der Waals surface area contributed by atoms with Crippen molar-refractivity contribution in [1.82, 2.24) is 0 Å². The summed E-state index contributed by atoms with van der Waals surface area (Å²) >= 11 is 0. The fraction of sp³-hybridized carbons (Fsp3) is 0.0545. The van der Waals surface area contributed by atoms with Gasteiger partial charge in [-0.1, -0.05) is 190 Å². The lowest BCUT2D eigenvalue weighted by Crippen LogP contribution is -2.21. The molecule has 11 rings (SSSR count). The molecule has 1 aliphatic rings. The molecule has 10 aromatic rings. The summed E-state index contributed by atoms with van der Waals surface area (Å²) in [6, 6.07) is 73.9. The number of hydrogen-bond acceptors (Lipinski definition) is 1. The molecule has 56 heavy (non-hydrogen) atoms. The van der Waals surface area contributed by atoms with Crippen LogP contribution in [0.1, 0.15) is 25.0 Å². The number of anilines is 3. The van der Waals surface area contributed by atoms with Crippen LogP contribution < -0.4 is 4.90 Å². The van der Waals surface area contributed by atoms with Crippen molar-refractivity contribution in [3.8, 4) is 33.4 Å². The predicted octanol–water partition coefficient (Wildman–Crippen LogP) is 15.4. The van der Waals surface area contributed by atoms with E-state index in [1.54, 1.807) is 0 Å². The summed E-state index contributed by atoms with van der Waals surface area (Å²) < 4.78 is 0. The van der Waals surface area contributed by atoms with E-state index in [-0.39, 0.29) is 5.41 Å². The number of nitrogens with zero attached hydrogens (tertiary/aromatic N) is 1. The van der Waals surface area contributed by atoms with Crippen molar-refractivity contribution >= 4 is 60.2 Å². The van der Waals surface area contributed by atoms with Gasteiger partial charge in [-0.05, 0) is 106 Å². The van der Waals surface area contributed by atoms with E-state index >= 15 is 0 Å². The maximum atomic E-state index is 2.55. The van der Waals surface area contributed by atoms with Crippen LogP contribution in [0, 0.1) is 0 Å². The number of hydrogen-bond donors (Lipinski definition) is 0. The Balaban J connectivity index is 1.19. The third-order valence-corrected chi connectivity index (χ3v) is 12.2. The van der Waals surface area contributed by atoms with Crippen molar-refractivity contribution in [1.29, 1.82) is 0 Å². The van der Waals surface area contributed by atoms with Gasteiger partial charge in [0.25, 0.3) is 0 Å². The van der Waals surface area contributed by atoms with Crippen molar-refractivity contribution in [3.05, 3.63) is 211 Å². The fourth-order valence-corrected chi connectivity index (χ4v) is 9.66. The molecule has 0 N–H and O–H groups in total. The highest BCUT2D eigenvalue weighted by Crippen LogP contribution is 2.57. The zero-order valence-electron chi connectivity index (χ0n) is 31.5. The highest BCUT2D eigenvalue weighted by Gasteiger charge is 2.40. The maximum Gasteiger partial charge on any atom is 0.0546 e. The molecule has 0 amide bonds. The first-order chi connectivity index (χ1) is 27.6. The topological polar surface area (TPSA) is 3.24 Å². The minimum Gasteiger partial charge on any atom is -0.309 e. The first-order valence-electron chi connectivity index (χ1n) is 19.6. The van der Waals surface area contributed by atoms with E-state index in [0.29, 0.717) is 0 Å². The number of rotatable bonds is 5. The number of fused-ring (bicyclic) bond motifs is 9. The summed E-state index contributed by atoms with van der Waals surface area (Å²) in [6.45, 7) is 4.81. The van der Waals surface area contributed by atoms with Crippen molar-refractivity contribution in [2.75, 3.05) is 4.90 Å². The molecule has 0 aliphatic heterocycles. The maximum absolute atomic E-state index is 2.55. The van der Waals surface area contributed by atoms with Gasteiger partial charge in [0.15, 0.2) is 0 Å². The van der Waals surface area contributed by atoms with Crippen LogP contribution in [-0.2, 0) is 5.41 Å². The van der Waals surface area contributed by atoms with Gasteiger partial charge in [0.2, 0.25) is 0 Å². The predicted molar refractivity (Wildman–Crippen MR) is 240 cm³/mol. The third kappa shape index (κ3) is 4.87. The van der Waals surface area contributed by atoms with Gasteiger partial charge in [0.05, 0.1) is 11.4 Å². The van der Waals surface area contributed by atoms with E-state index < -0.39 is 0 Å². The Hall–Kier alpha value is -6.96. The highest BCUT2D eigenvalue weighted by atomic mass is 15.1. The van der Waals surface area contributed by atoms with Crippen LogP contribution in [0.3, 0.4) is 0 Å². The van der Waals surface area contributed by atoms with Gasteiger partial charge >= 0.3 is 0 Å². The monoisotopic (exact) mass is 713 g/mol. The molecule has 0 bridgehead atoms. The molecule has 0 unspecified atom stereocenters. The van der Waals surface area contributed by atoms with Crippen LogP contribution in [0.25, 0.3) is 76.5 Å². The van der Waals surface area contributed by atoms with E-state index in [1.165, 1.54) is 99.0 Å². The second-order valence-corrected chi connectivity index (χ2v) is 15.7. The highest BCUT2D eigenvalue weighted by molar-refractivity contribution is 6.16. The van der Waals surface area contributed by atoms with E-state index in [1.807, 2.05) is 0 Å². The van der Waals surface area contributed by atoms with Crippen molar-refractivity contribution in [2.45, 2.75) is 19.3 Å². The molecule has 0 aromatic heterocycles. The quantitative estimate of drug-likeness (QED) is 0.161. The Labute approximate surface area is 327 Å². The Bertz CT molecular complexity index is 3150. The normalized spacial score (nSPS) is 13.0. The van der Waals surface area contributed by atoms with Crippen molar-refractivity contribution in [3.63, 3.8) is 0 Å². The molecule has 0 spiro atoms. The second-order valence-electron chi connectivity index (χ2n) is 15.7. The lowest BCUT2D eigenvalue weighted by molar-refractivity contribution is 0.661. The molecule has 1 aliphatic carbocycles. The molecule has 1 heteroatoms. The van der Waals surface area contributed by atoms with Gasteiger partial charge in [-0.2, -0.15) is 0 Å². The first kappa shape index (κ1) is 32.5. The van der Waals surface area contributed by atoms with Gasteiger partial charge in [0, 0.05) is 16.5 Å². The lowest BCUT2D eigenvalue weighted by Gasteiger charge is -2.33. The molecule has 0 heterocycles. The van der Waals surface area contributed by atoms with E-state index in [2.05, 4.69) is 219 Å². The Morgan fingerprint density at radius 3 is 1.62 bits per heavy atom. The fourth-order valence-electron chi connectivity index (χ4n) is 9.66. The van der Waals surface area contributed by atoms with Crippen LogP contribution in [0.15, 0.2) is 200 Å². The van der Waals surface area contributed by atoms with Gasteiger partial charge < -0.3 is 4.90 Å². The molecular weight excluding hydrogens is 675 g/mol. The SMILES string of the molecule is CC1(C)c2ccccc2-c2c1c(N(c1ccc(-c3cccc4cccc(-c5ccccc5)c34)cc1)c1cc3ccccc3c3ccccc13)cc1ccccc21. The number of benzene rings is 10. The van der Waals surface area contributed by atoms with Crippen LogP contribution >= 0.6 is 0 Å². The minimum atomic E-state index is -0.229. The zero-order chi connectivity index (χ0) is 37.4. The Morgan fingerprint density at radius 2 is 0.893 bits per heavy atom. The average Bonchev–Trinajstić information content (AvgIpc) is 3.50. The molecule has 0 radical (unpaired) electrons. The van der Waals surface area contributed by atoms with Crippen LogP contribution in [0.4, 0.5) is 17.1 Å². The molecule has 0 saturated heterocycles. The molecular formula is C55H39N. The summed E-state index contributed by atoms with van der Waals surface area (Å²) in [5.41, 5.74) is 13.6. The van der Waals surface area contributed by atoms with Gasteiger partial charge in [-0.3, -0.25) is 0 Å².